The van der Waals surface area contributed by atoms with Gasteiger partial charge in [0.2, 0.25) is 0 Å². The molecule has 3 N–H and O–H groups in total. The maximum Gasteiger partial charge on any atom is 0.335 e. The molecule has 1 aliphatic carbocycles. The third-order valence-electron chi connectivity index (χ3n) is 4.04. The van der Waals surface area contributed by atoms with Crippen molar-refractivity contribution >= 4 is 11.7 Å². The Balaban J connectivity index is 2.13. The van der Waals surface area contributed by atoms with Crippen LogP contribution in [0.4, 0.5) is 5.69 Å². The van der Waals surface area contributed by atoms with E-state index in [0.717, 1.165) is 30.4 Å². The van der Waals surface area contributed by atoms with Crippen LogP contribution in [-0.2, 0) is 12.8 Å². The molecule has 0 aromatic heterocycles. The second-order valence-electron chi connectivity index (χ2n) is 5.24. The second kappa shape index (κ2) is 5.13. The monoisotopic (exact) mass is 283 g/mol. The zero-order valence-electron chi connectivity index (χ0n) is 11.8. The number of carbonyl (C=O) groups is 1. The minimum atomic E-state index is -0.929. The quantitative estimate of drug-likeness (QED) is 0.849. The Morgan fingerprint density at radius 3 is 2.57 bits per heavy atom. The van der Waals surface area contributed by atoms with Crippen LogP contribution in [-0.4, -0.2) is 18.2 Å². The number of hydrogen-bond donors (Lipinski definition) is 2. The van der Waals surface area contributed by atoms with E-state index in [2.05, 4.69) is 6.07 Å². The van der Waals surface area contributed by atoms with E-state index in [0.29, 0.717) is 11.4 Å². The standard InChI is InChI=1S/C17H17NO3/c1-21-16-14(9-12-3-2-4-13(12)15(16)18)10-5-7-11(8-6-10)17(19)20/h5-9H,2-4,18H2,1H3,(H,19,20). The topological polar surface area (TPSA) is 72.5 Å². The largest absolute Gasteiger partial charge is 0.494 e. The minimum absolute atomic E-state index is 0.270. The van der Waals surface area contributed by atoms with Crippen LogP contribution in [0.1, 0.15) is 27.9 Å². The van der Waals surface area contributed by atoms with Crippen molar-refractivity contribution in [2.45, 2.75) is 19.3 Å². The zero-order valence-corrected chi connectivity index (χ0v) is 11.8. The Morgan fingerprint density at radius 1 is 1.24 bits per heavy atom. The summed E-state index contributed by atoms with van der Waals surface area (Å²) < 4.78 is 5.49. The van der Waals surface area contributed by atoms with E-state index in [4.69, 9.17) is 15.6 Å². The fourth-order valence-electron chi connectivity index (χ4n) is 2.98. The summed E-state index contributed by atoms with van der Waals surface area (Å²) in [6.07, 6.45) is 3.14. The first kappa shape index (κ1) is 13.5. The summed E-state index contributed by atoms with van der Waals surface area (Å²) in [6, 6.07) is 8.90. The van der Waals surface area contributed by atoms with Crippen LogP contribution in [0.25, 0.3) is 11.1 Å². The molecule has 1 aliphatic rings. The third-order valence-corrected chi connectivity index (χ3v) is 4.04. The number of anilines is 1. The van der Waals surface area contributed by atoms with Crippen LogP contribution in [0.2, 0.25) is 0 Å². The number of aromatic carboxylic acids is 1. The van der Waals surface area contributed by atoms with E-state index in [1.165, 1.54) is 11.1 Å². The summed E-state index contributed by atoms with van der Waals surface area (Å²) in [7, 11) is 1.61. The van der Waals surface area contributed by atoms with Gasteiger partial charge in [0.1, 0.15) is 5.75 Å². The number of nitrogens with two attached hydrogens (primary N) is 1. The fraction of sp³-hybridized carbons (Fsp3) is 0.235. The number of benzene rings is 2. The van der Waals surface area contributed by atoms with Gasteiger partial charge in [-0.3, -0.25) is 0 Å². The van der Waals surface area contributed by atoms with Crippen molar-refractivity contribution in [3.05, 3.63) is 47.0 Å². The Morgan fingerprint density at radius 2 is 1.95 bits per heavy atom. The van der Waals surface area contributed by atoms with Crippen molar-refractivity contribution < 1.29 is 14.6 Å². The summed E-state index contributed by atoms with van der Waals surface area (Å²) >= 11 is 0. The summed E-state index contributed by atoms with van der Waals surface area (Å²) in [5.74, 6) is -0.249. The number of carboxylic acid groups (broad SMARTS) is 1. The minimum Gasteiger partial charge on any atom is -0.494 e. The fourth-order valence-corrected chi connectivity index (χ4v) is 2.98. The second-order valence-corrected chi connectivity index (χ2v) is 5.24. The van der Waals surface area contributed by atoms with Crippen LogP contribution >= 0.6 is 0 Å². The van der Waals surface area contributed by atoms with E-state index >= 15 is 0 Å². The maximum absolute atomic E-state index is 10.9. The molecule has 21 heavy (non-hydrogen) atoms. The normalized spacial score (nSPS) is 13.0. The Hall–Kier alpha value is -2.49. The van der Waals surface area contributed by atoms with Gasteiger partial charge in [0.25, 0.3) is 0 Å². The SMILES string of the molecule is COc1c(-c2ccc(C(=O)O)cc2)cc2c(c1N)CCC2. The van der Waals surface area contributed by atoms with Gasteiger partial charge in [-0.05, 0) is 54.2 Å². The van der Waals surface area contributed by atoms with Crippen molar-refractivity contribution in [2.24, 2.45) is 0 Å². The molecular formula is C17H17NO3. The molecule has 3 rings (SSSR count). The number of carboxylic acids is 1. The lowest BCUT2D eigenvalue weighted by molar-refractivity contribution is 0.0697. The molecule has 0 fully saturated rings. The zero-order chi connectivity index (χ0) is 15.0. The van der Waals surface area contributed by atoms with E-state index in [1.54, 1.807) is 31.4 Å². The summed E-state index contributed by atoms with van der Waals surface area (Å²) in [4.78, 5) is 10.9. The smallest absolute Gasteiger partial charge is 0.335 e. The number of ether oxygens (including phenoxy) is 1. The number of methoxy groups -OCH3 is 1. The average Bonchev–Trinajstić information content (AvgIpc) is 2.96. The third kappa shape index (κ3) is 2.23. The lowest BCUT2D eigenvalue weighted by Crippen LogP contribution is -2.01. The van der Waals surface area contributed by atoms with Gasteiger partial charge in [-0.25, -0.2) is 4.79 Å². The Labute approximate surface area is 123 Å². The first-order chi connectivity index (χ1) is 10.1. The molecule has 0 amide bonds. The van der Waals surface area contributed by atoms with Gasteiger partial charge in [-0.1, -0.05) is 12.1 Å². The highest BCUT2D eigenvalue weighted by molar-refractivity contribution is 5.89. The number of hydrogen-bond acceptors (Lipinski definition) is 3. The molecule has 0 bridgehead atoms. The molecule has 4 heteroatoms. The lowest BCUT2D eigenvalue weighted by Gasteiger charge is -2.15. The van der Waals surface area contributed by atoms with E-state index in [9.17, 15) is 4.79 Å². The highest BCUT2D eigenvalue weighted by Gasteiger charge is 2.21. The molecule has 0 saturated carbocycles. The van der Waals surface area contributed by atoms with Crippen molar-refractivity contribution in [1.82, 2.24) is 0 Å². The van der Waals surface area contributed by atoms with Gasteiger partial charge in [0.15, 0.2) is 0 Å². The molecule has 0 aliphatic heterocycles. The van der Waals surface area contributed by atoms with Crippen molar-refractivity contribution in [2.75, 3.05) is 12.8 Å². The highest BCUT2D eigenvalue weighted by atomic mass is 16.5. The van der Waals surface area contributed by atoms with Crippen molar-refractivity contribution in [1.29, 1.82) is 0 Å². The van der Waals surface area contributed by atoms with Crippen LogP contribution in [0.5, 0.6) is 5.75 Å². The number of rotatable bonds is 3. The number of fused-ring (bicyclic) bond motifs is 1. The van der Waals surface area contributed by atoms with E-state index in [-0.39, 0.29) is 5.56 Å². The number of aryl methyl sites for hydroxylation is 1. The summed E-state index contributed by atoms with van der Waals surface area (Å²) in [5, 5.41) is 8.97. The van der Waals surface area contributed by atoms with Crippen molar-refractivity contribution in [3.8, 4) is 16.9 Å². The highest BCUT2D eigenvalue weighted by Crippen LogP contribution is 2.42. The first-order valence-corrected chi connectivity index (χ1v) is 6.93. The van der Waals surface area contributed by atoms with Gasteiger partial charge in [-0.2, -0.15) is 0 Å². The lowest BCUT2D eigenvalue weighted by atomic mass is 9.96. The predicted octanol–water partition coefficient (Wildman–Crippen LogP) is 3.13. The van der Waals surface area contributed by atoms with Crippen LogP contribution in [0.15, 0.2) is 30.3 Å². The summed E-state index contributed by atoms with van der Waals surface area (Å²) in [6.45, 7) is 0. The molecule has 2 aromatic rings. The van der Waals surface area contributed by atoms with Gasteiger partial charge >= 0.3 is 5.97 Å². The number of nitrogen functional groups attached to an aromatic ring is 1. The molecule has 4 nitrogen and oxygen atoms in total. The van der Waals surface area contributed by atoms with Gasteiger partial charge in [0, 0.05) is 5.56 Å². The Kier molecular flexibility index (Phi) is 3.29. The van der Waals surface area contributed by atoms with E-state index < -0.39 is 5.97 Å². The van der Waals surface area contributed by atoms with Gasteiger partial charge in [-0.15, -0.1) is 0 Å². The molecule has 0 heterocycles. The Bertz CT molecular complexity index is 705. The molecule has 2 aromatic carbocycles. The summed E-state index contributed by atoms with van der Waals surface area (Å²) in [5.41, 5.74) is 11.5. The molecule has 0 saturated heterocycles. The molecular weight excluding hydrogens is 266 g/mol. The molecule has 0 spiro atoms. The average molecular weight is 283 g/mol. The maximum atomic E-state index is 10.9. The predicted molar refractivity (Wildman–Crippen MR) is 81.8 cm³/mol. The van der Waals surface area contributed by atoms with Crippen molar-refractivity contribution in [3.63, 3.8) is 0 Å². The molecule has 0 atom stereocenters. The molecule has 0 radical (unpaired) electrons. The van der Waals surface area contributed by atoms with Gasteiger partial charge < -0.3 is 15.6 Å². The molecule has 0 unspecified atom stereocenters. The van der Waals surface area contributed by atoms with Crippen LogP contribution in [0.3, 0.4) is 0 Å². The van der Waals surface area contributed by atoms with Crippen LogP contribution in [0, 0.1) is 0 Å². The van der Waals surface area contributed by atoms with Gasteiger partial charge in [0.05, 0.1) is 18.4 Å². The van der Waals surface area contributed by atoms with E-state index in [1.807, 2.05) is 0 Å². The first-order valence-electron chi connectivity index (χ1n) is 6.93. The van der Waals surface area contributed by atoms with Crippen LogP contribution < -0.4 is 10.5 Å². The molecule has 108 valence electrons.